The minimum absolute atomic E-state index is 0.0138. The lowest BCUT2D eigenvalue weighted by Gasteiger charge is -2.09. The van der Waals surface area contributed by atoms with E-state index in [4.69, 9.17) is 90.6 Å². The number of nitrogens with two attached hydrogens (primary N) is 1. The molecule has 4 aromatic carbocycles. The molecule has 0 bridgehead atoms. The maximum absolute atomic E-state index is 8.96. The Bertz CT molecular complexity index is 2010. The van der Waals surface area contributed by atoms with Crippen LogP contribution in [0.15, 0.2) is 72.8 Å². The average Bonchev–Trinajstić information content (AvgIpc) is 3.78. The van der Waals surface area contributed by atoms with Gasteiger partial charge < -0.3 is 25.6 Å². The Labute approximate surface area is 322 Å². The summed E-state index contributed by atoms with van der Waals surface area (Å²) in [4.78, 5) is 2.70. The summed E-state index contributed by atoms with van der Waals surface area (Å²) >= 11 is 35.2. The Kier molecular flexibility index (Phi) is 15.6. The minimum Gasteiger partial charge on any atom is -0.537 e. The van der Waals surface area contributed by atoms with Gasteiger partial charge in [0.25, 0.3) is 0 Å². The van der Waals surface area contributed by atoms with Gasteiger partial charge in [-0.2, -0.15) is 9.59 Å². The molecule has 1 radical (unpaired) electrons. The van der Waals surface area contributed by atoms with Gasteiger partial charge in [0.1, 0.15) is 5.75 Å². The van der Waals surface area contributed by atoms with E-state index >= 15 is 0 Å². The third-order valence-electron chi connectivity index (χ3n) is 6.55. The van der Waals surface area contributed by atoms with Gasteiger partial charge in [0.2, 0.25) is 11.6 Å². The van der Waals surface area contributed by atoms with Gasteiger partial charge in [-0.25, -0.2) is 0 Å². The van der Waals surface area contributed by atoms with Gasteiger partial charge in [0.05, 0.1) is 56.4 Å². The van der Waals surface area contributed by atoms with E-state index in [1.807, 2.05) is 42.5 Å². The van der Waals surface area contributed by atoms with Gasteiger partial charge in [-0.1, -0.05) is 106 Å². The average molecular weight is 813 g/mol. The molecule has 0 unspecified atom stereocenters. The fourth-order valence-electron chi connectivity index (χ4n) is 4.25. The molecule has 0 spiro atoms. The molecule has 0 aliphatic carbocycles. The Balaban J connectivity index is 0.000000185. The summed E-state index contributed by atoms with van der Waals surface area (Å²) < 4.78 is 4.63. The molecule has 0 saturated heterocycles. The number of nitrogen functional groups attached to an aromatic ring is 1. The van der Waals surface area contributed by atoms with E-state index in [0.29, 0.717) is 65.3 Å². The maximum Gasteiger partial charge on any atom is 0.569 e. The van der Waals surface area contributed by atoms with Crippen molar-refractivity contribution in [1.29, 1.82) is 0 Å². The molecule has 0 saturated carbocycles. The van der Waals surface area contributed by atoms with Gasteiger partial charge >= 0.3 is 7.69 Å². The molecule has 51 heavy (non-hydrogen) atoms. The van der Waals surface area contributed by atoms with E-state index < -0.39 is 0 Å². The molecule has 0 amide bonds. The van der Waals surface area contributed by atoms with Crippen LogP contribution >= 0.6 is 69.6 Å². The number of tetrazole rings is 2. The standard InChI is InChI=1S/C16H13Cl3N4O.C9H11N5O.C6H3BCl3O2/c17-13-8-10(9-14(18)15(13)19)7-11-3-1-2-4-12(11)16-20-22-23(21-16)5-6-24;10-8-4-2-1-3-7(8)9-11-13-14(12-9)5-6-15;8-4-1-3(12-7-11)2-5(9)6(4)10/h1-4,8-9,24H,5-7H2;1-4,15H,5-6,10H2;1-2,11H. The summed E-state index contributed by atoms with van der Waals surface area (Å²) in [6.45, 7) is 0.580. The number of hydrogen-bond acceptors (Lipinski definition) is 11. The van der Waals surface area contributed by atoms with E-state index in [9.17, 15) is 0 Å². The van der Waals surface area contributed by atoms with Crippen LogP contribution in [0, 0.1) is 0 Å². The number of benzene rings is 4. The molecule has 2 heterocycles. The topological polar surface area (TPSA) is 183 Å². The highest BCUT2D eigenvalue weighted by Gasteiger charge is 2.13. The highest BCUT2D eigenvalue weighted by Crippen LogP contribution is 2.34. The fourth-order valence-corrected chi connectivity index (χ4v) is 5.47. The van der Waals surface area contributed by atoms with Crippen molar-refractivity contribution in [3.63, 3.8) is 0 Å². The first-order chi connectivity index (χ1) is 24.5. The normalized spacial score (nSPS) is 10.5. The summed E-state index contributed by atoms with van der Waals surface area (Å²) in [6, 6.07) is 21.6. The smallest absolute Gasteiger partial charge is 0.537 e. The van der Waals surface area contributed by atoms with Crippen molar-refractivity contribution >= 4 is 83.0 Å². The highest BCUT2D eigenvalue weighted by atomic mass is 35.5. The third-order valence-corrected chi connectivity index (χ3v) is 8.94. The lowest BCUT2D eigenvalue weighted by Crippen LogP contribution is -2.05. The van der Waals surface area contributed by atoms with Gasteiger partial charge in [0, 0.05) is 16.8 Å². The van der Waals surface area contributed by atoms with Crippen LogP contribution in [0.4, 0.5) is 5.69 Å². The number of aliphatic hydroxyl groups is 2. The van der Waals surface area contributed by atoms with E-state index in [0.717, 1.165) is 22.3 Å². The summed E-state index contributed by atoms with van der Waals surface area (Å²) in [5.41, 5.74) is 9.94. The molecule has 13 nitrogen and oxygen atoms in total. The molecule has 20 heteroatoms. The SMILES string of the molecule is Nc1ccccc1-c1nnn(CCO)n1.OCCn1nnc(-c2ccccc2Cc2cc(Cl)c(Cl)c(Cl)c2)n1.O[B]Oc1cc(Cl)c(Cl)c(Cl)c1. The van der Waals surface area contributed by atoms with Crippen LogP contribution in [-0.4, -0.2) is 76.6 Å². The predicted molar refractivity (Wildman–Crippen MR) is 199 cm³/mol. The Hall–Kier alpha value is -3.70. The van der Waals surface area contributed by atoms with E-state index in [2.05, 4.69) is 35.5 Å². The molecule has 0 aliphatic heterocycles. The zero-order valence-corrected chi connectivity index (χ0v) is 30.7. The molecule has 0 fully saturated rings. The van der Waals surface area contributed by atoms with Crippen LogP contribution in [0.25, 0.3) is 22.8 Å². The molecule has 5 N–H and O–H groups in total. The second-order valence-electron chi connectivity index (χ2n) is 10.1. The van der Waals surface area contributed by atoms with Crippen molar-refractivity contribution in [2.45, 2.75) is 19.5 Å². The Morgan fingerprint density at radius 1 is 0.667 bits per heavy atom. The predicted octanol–water partition coefficient (Wildman–Crippen LogP) is 6.35. The van der Waals surface area contributed by atoms with E-state index in [-0.39, 0.29) is 28.3 Å². The molecule has 265 valence electrons. The summed E-state index contributed by atoms with van der Waals surface area (Å²) in [5.74, 6) is 1.31. The number of halogens is 6. The second kappa shape index (κ2) is 19.8. The van der Waals surface area contributed by atoms with Gasteiger partial charge in [-0.3, -0.25) is 0 Å². The van der Waals surface area contributed by atoms with Crippen LogP contribution in [0.3, 0.4) is 0 Å². The van der Waals surface area contributed by atoms with Crippen molar-refractivity contribution in [3.05, 3.63) is 114 Å². The van der Waals surface area contributed by atoms with E-state index in [1.165, 1.54) is 21.7 Å². The summed E-state index contributed by atoms with van der Waals surface area (Å²) in [5, 5.41) is 52.0. The Morgan fingerprint density at radius 3 is 1.65 bits per heavy atom. The fraction of sp³-hybridized carbons (Fsp3) is 0.161. The number of nitrogens with zero attached hydrogens (tertiary/aromatic N) is 8. The van der Waals surface area contributed by atoms with Crippen molar-refractivity contribution < 1.29 is 19.9 Å². The third kappa shape index (κ3) is 11.4. The number of anilines is 1. The maximum atomic E-state index is 8.96. The zero-order chi connectivity index (χ0) is 36.9. The van der Waals surface area contributed by atoms with Crippen LogP contribution < -0.4 is 10.4 Å². The molecule has 2 aromatic heterocycles. The highest BCUT2D eigenvalue weighted by molar-refractivity contribution is 6.48. The second-order valence-corrected chi connectivity index (χ2v) is 12.5. The van der Waals surface area contributed by atoms with Gasteiger partial charge in [-0.05, 0) is 64.4 Å². The lowest BCUT2D eigenvalue weighted by atomic mass is 9.99. The first-order valence-electron chi connectivity index (χ1n) is 14.7. The molecule has 6 aromatic rings. The van der Waals surface area contributed by atoms with Gasteiger partial charge in [-0.15, -0.1) is 20.4 Å². The number of para-hydroxylation sites is 1. The van der Waals surface area contributed by atoms with E-state index in [1.54, 1.807) is 18.2 Å². The zero-order valence-electron chi connectivity index (χ0n) is 26.2. The number of rotatable bonds is 10. The molecular weight excluding hydrogens is 786 g/mol. The first-order valence-corrected chi connectivity index (χ1v) is 16.9. The van der Waals surface area contributed by atoms with Crippen LogP contribution in [0.5, 0.6) is 5.75 Å². The summed E-state index contributed by atoms with van der Waals surface area (Å²) in [7, 11) is 0.538. The van der Waals surface area contributed by atoms with Crippen molar-refractivity contribution in [2.24, 2.45) is 0 Å². The number of aromatic nitrogens is 8. The Morgan fingerprint density at radius 2 is 1.14 bits per heavy atom. The summed E-state index contributed by atoms with van der Waals surface area (Å²) in [6.07, 6.45) is 0.599. The molecular formula is C31H27BCl6N9O4. The number of hydrogen-bond donors (Lipinski definition) is 4. The van der Waals surface area contributed by atoms with Crippen LogP contribution in [0.1, 0.15) is 11.1 Å². The molecule has 0 atom stereocenters. The minimum atomic E-state index is -0.0424. The van der Waals surface area contributed by atoms with Crippen molar-refractivity contribution in [1.82, 2.24) is 40.4 Å². The van der Waals surface area contributed by atoms with Crippen LogP contribution in [-0.2, 0) is 19.5 Å². The molecule has 0 aliphatic rings. The van der Waals surface area contributed by atoms with Crippen molar-refractivity contribution in [3.8, 4) is 28.5 Å². The quantitative estimate of drug-likeness (QED) is 0.0687. The molecule has 6 rings (SSSR count). The largest absolute Gasteiger partial charge is 0.569 e. The monoisotopic (exact) mass is 810 g/mol. The van der Waals surface area contributed by atoms with Gasteiger partial charge in [0.15, 0.2) is 0 Å². The number of aliphatic hydroxyl groups excluding tert-OH is 2. The first kappa shape index (κ1) is 40.1. The lowest BCUT2D eigenvalue weighted by molar-refractivity contribution is 0.259. The van der Waals surface area contributed by atoms with Crippen molar-refractivity contribution in [2.75, 3.05) is 18.9 Å². The van der Waals surface area contributed by atoms with Crippen LogP contribution in [0.2, 0.25) is 30.1 Å².